The van der Waals surface area contributed by atoms with E-state index in [1.54, 1.807) is 19.2 Å². The van der Waals surface area contributed by atoms with Crippen molar-refractivity contribution in [2.45, 2.75) is 17.7 Å². The van der Waals surface area contributed by atoms with Crippen LogP contribution in [0.3, 0.4) is 0 Å². The van der Waals surface area contributed by atoms with E-state index in [0.717, 1.165) is 10.9 Å². The maximum absolute atomic E-state index is 12.9. The van der Waals surface area contributed by atoms with Crippen molar-refractivity contribution < 1.29 is 17.9 Å². The summed E-state index contributed by atoms with van der Waals surface area (Å²) in [6.07, 6.45) is 2.98. The molecular formula is C18H25N3O4S. The van der Waals surface area contributed by atoms with E-state index in [1.165, 1.54) is 4.31 Å². The predicted molar refractivity (Wildman–Crippen MR) is 99.3 cm³/mol. The Kier molecular flexibility index (Phi) is 5.64. The zero-order valence-electron chi connectivity index (χ0n) is 15.1. The van der Waals surface area contributed by atoms with Crippen LogP contribution in [0.2, 0.25) is 0 Å². The first-order chi connectivity index (χ1) is 12.4. The number of rotatable bonds is 6. The third kappa shape index (κ3) is 3.77. The highest BCUT2D eigenvalue weighted by molar-refractivity contribution is 7.89. The van der Waals surface area contributed by atoms with Crippen molar-refractivity contribution in [2.24, 2.45) is 13.0 Å². The number of ether oxygens (including phenoxy) is 1. The minimum atomic E-state index is -3.54. The lowest BCUT2D eigenvalue weighted by atomic mass is 9.97. The van der Waals surface area contributed by atoms with Crippen LogP contribution in [0.5, 0.6) is 0 Å². The highest BCUT2D eigenvalue weighted by Gasteiger charge is 2.32. The van der Waals surface area contributed by atoms with Crippen molar-refractivity contribution in [1.29, 1.82) is 0 Å². The van der Waals surface area contributed by atoms with Gasteiger partial charge in [-0.3, -0.25) is 4.79 Å². The minimum absolute atomic E-state index is 0.0233. The molecule has 1 N–H and O–H groups in total. The smallest absolute Gasteiger partial charge is 0.243 e. The van der Waals surface area contributed by atoms with Crippen molar-refractivity contribution in [1.82, 2.24) is 14.2 Å². The topological polar surface area (TPSA) is 80.6 Å². The monoisotopic (exact) mass is 379 g/mol. The SMILES string of the molecule is COCCNC(=O)C1CCN(S(=O)(=O)c2ccc3c(ccn3C)c2)CC1. The molecule has 1 aromatic carbocycles. The number of amides is 1. The maximum atomic E-state index is 12.9. The summed E-state index contributed by atoms with van der Waals surface area (Å²) in [5, 5.41) is 3.73. The Morgan fingerprint density at radius 1 is 1.27 bits per heavy atom. The first kappa shape index (κ1) is 18.9. The van der Waals surface area contributed by atoms with Gasteiger partial charge in [-0.25, -0.2) is 8.42 Å². The van der Waals surface area contributed by atoms with Gasteiger partial charge in [0.05, 0.1) is 11.5 Å². The summed E-state index contributed by atoms with van der Waals surface area (Å²) in [5.74, 6) is -0.167. The van der Waals surface area contributed by atoms with Crippen molar-refractivity contribution in [3.63, 3.8) is 0 Å². The van der Waals surface area contributed by atoms with Gasteiger partial charge in [-0.05, 0) is 37.1 Å². The molecule has 2 heterocycles. The van der Waals surface area contributed by atoms with E-state index in [9.17, 15) is 13.2 Å². The molecule has 0 bridgehead atoms. The average Bonchev–Trinajstić information content (AvgIpc) is 3.02. The summed E-state index contributed by atoms with van der Waals surface area (Å²) in [5.41, 5.74) is 0.996. The molecule has 1 aliphatic heterocycles. The molecule has 7 nitrogen and oxygen atoms in total. The Labute approximate surface area is 154 Å². The number of benzene rings is 1. The average molecular weight is 379 g/mol. The van der Waals surface area contributed by atoms with Crippen LogP contribution in [0.4, 0.5) is 0 Å². The van der Waals surface area contributed by atoms with Crippen LogP contribution in [0.25, 0.3) is 10.9 Å². The molecule has 142 valence electrons. The normalized spacial score (nSPS) is 16.8. The van der Waals surface area contributed by atoms with Crippen molar-refractivity contribution in [2.75, 3.05) is 33.4 Å². The summed E-state index contributed by atoms with van der Waals surface area (Å²) in [6, 6.07) is 7.11. The van der Waals surface area contributed by atoms with Gasteiger partial charge in [0.25, 0.3) is 0 Å². The number of methoxy groups -OCH3 is 1. The highest BCUT2D eigenvalue weighted by Crippen LogP contribution is 2.26. The molecule has 2 aromatic rings. The second-order valence-corrected chi connectivity index (χ2v) is 8.55. The van der Waals surface area contributed by atoms with Crippen LogP contribution >= 0.6 is 0 Å². The van der Waals surface area contributed by atoms with Crippen LogP contribution in [-0.2, 0) is 26.6 Å². The second-order valence-electron chi connectivity index (χ2n) is 6.61. The van der Waals surface area contributed by atoms with Gasteiger partial charge in [0.15, 0.2) is 0 Å². The Bertz CT molecular complexity index is 883. The molecule has 1 fully saturated rings. The molecule has 3 rings (SSSR count). The number of hydrogen-bond acceptors (Lipinski definition) is 4. The van der Waals surface area contributed by atoms with Crippen LogP contribution in [0.15, 0.2) is 35.4 Å². The fourth-order valence-corrected chi connectivity index (χ4v) is 4.85. The van der Waals surface area contributed by atoms with E-state index in [0.29, 0.717) is 44.0 Å². The van der Waals surface area contributed by atoms with Crippen LogP contribution < -0.4 is 5.32 Å². The molecule has 1 amide bonds. The van der Waals surface area contributed by atoms with Gasteiger partial charge in [-0.15, -0.1) is 0 Å². The zero-order chi connectivity index (χ0) is 18.7. The molecule has 26 heavy (non-hydrogen) atoms. The van der Waals surface area contributed by atoms with E-state index in [-0.39, 0.29) is 11.8 Å². The van der Waals surface area contributed by atoms with Gasteiger partial charge in [0, 0.05) is 56.8 Å². The van der Waals surface area contributed by atoms with Gasteiger partial charge in [0.2, 0.25) is 15.9 Å². The van der Waals surface area contributed by atoms with Gasteiger partial charge in [-0.1, -0.05) is 0 Å². The number of carbonyl (C=O) groups is 1. The van der Waals surface area contributed by atoms with E-state index >= 15 is 0 Å². The Balaban J connectivity index is 1.66. The number of sulfonamides is 1. The molecule has 0 atom stereocenters. The van der Waals surface area contributed by atoms with Gasteiger partial charge in [0.1, 0.15) is 0 Å². The number of piperidine rings is 1. The third-order valence-electron chi connectivity index (χ3n) is 4.92. The standard InChI is InChI=1S/C18H25N3O4S/c1-20-9-5-15-13-16(3-4-17(15)20)26(23,24)21-10-6-14(7-11-21)18(22)19-8-12-25-2/h3-5,9,13-14H,6-8,10-12H2,1-2H3,(H,19,22). The summed E-state index contributed by atoms with van der Waals surface area (Å²) < 4.78 is 34.2. The predicted octanol–water partition coefficient (Wildman–Crippen LogP) is 1.34. The lowest BCUT2D eigenvalue weighted by Gasteiger charge is -2.30. The maximum Gasteiger partial charge on any atom is 0.243 e. The molecule has 0 unspecified atom stereocenters. The summed E-state index contributed by atoms with van der Waals surface area (Å²) >= 11 is 0. The molecule has 8 heteroatoms. The van der Waals surface area contributed by atoms with E-state index in [4.69, 9.17) is 4.74 Å². The number of aromatic nitrogens is 1. The van der Waals surface area contributed by atoms with Gasteiger partial charge in [-0.2, -0.15) is 4.31 Å². The number of hydrogen-bond donors (Lipinski definition) is 1. The Hall–Kier alpha value is -1.90. The number of nitrogens with zero attached hydrogens (tertiary/aromatic N) is 2. The summed E-state index contributed by atoms with van der Waals surface area (Å²) in [4.78, 5) is 12.4. The highest BCUT2D eigenvalue weighted by atomic mass is 32.2. The molecule has 0 spiro atoms. The van der Waals surface area contributed by atoms with Crippen molar-refractivity contribution >= 4 is 26.8 Å². The van der Waals surface area contributed by atoms with Crippen LogP contribution in [-0.4, -0.2) is 56.5 Å². The largest absolute Gasteiger partial charge is 0.383 e. The number of carbonyl (C=O) groups excluding carboxylic acids is 1. The van der Waals surface area contributed by atoms with E-state index < -0.39 is 10.0 Å². The molecule has 1 aromatic heterocycles. The molecule has 1 aliphatic rings. The number of fused-ring (bicyclic) bond motifs is 1. The van der Waals surface area contributed by atoms with Gasteiger partial charge < -0.3 is 14.6 Å². The molecular weight excluding hydrogens is 354 g/mol. The van der Waals surface area contributed by atoms with Crippen LogP contribution in [0, 0.1) is 5.92 Å². The fraction of sp³-hybridized carbons (Fsp3) is 0.500. The second kappa shape index (κ2) is 7.77. The minimum Gasteiger partial charge on any atom is -0.383 e. The summed E-state index contributed by atoms with van der Waals surface area (Å²) in [6.45, 7) is 1.67. The fourth-order valence-electron chi connectivity index (χ4n) is 3.35. The Morgan fingerprint density at radius 2 is 2.00 bits per heavy atom. The lowest BCUT2D eigenvalue weighted by Crippen LogP contribution is -2.43. The lowest BCUT2D eigenvalue weighted by molar-refractivity contribution is -0.126. The third-order valence-corrected chi connectivity index (χ3v) is 6.82. The van der Waals surface area contributed by atoms with Gasteiger partial charge >= 0.3 is 0 Å². The molecule has 0 saturated carbocycles. The number of aryl methyl sites for hydroxylation is 1. The van der Waals surface area contributed by atoms with Crippen molar-refractivity contribution in [3.05, 3.63) is 30.5 Å². The van der Waals surface area contributed by atoms with Crippen LogP contribution in [0.1, 0.15) is 12.8 Å². The molecule has 1 saturated heterocycles. The van der Waals surface area contributed by atoms with E-state index in [2.05, 4.69) is 5.32 Å². The molecule has 0 radical (unpaired) electrons. The number of nitrogens with one attached hydrogen (secondary N) is 1. The van der Waals surface area contributed by atoms with Crippen molar-refractivity contribution in [3.8, 4) is 0 Å². The molecule has 0 aliphatic carbocycles. The van der Waals surface area contributed by atoms with E-state index in [1.807, 2.05) is 29.9 Å². The summed E-state index contributed by atoms with van der Waals surface area (Å²) in [7, 11) is -0.0268. The quantitative estimate of drug-likeness (QED) is 0.768. The first-order valence-corrected chi connectivity index (χ1v) is 10.2. The zero-order valence-corrected chi connectivity index (χ0v) is 16.0. The first-order valence-electron chi connectivity index (χ1n) is 8.75. The Morgan fingerprint density at radius 3 is 2.69 bits per heavy atom.